The number of aromatic amines is 1. The van der Waals surface area contributed by atoms with Gasteiger partial charge in [0.25, 0.3) is 0 Å². The van der Waals surface area contributed by atoms with Crippen LogP contribution in [0.1, 0.15) is 52.6 Å². The standard InChI is InChI=1S/C26H26N2O3/c1-2-3-8-24-27-23-14-13-19(16-29)22(25(23)28-24)15-17-9-11-18(12-10-17)20-6-4-5-7-21(20)26(30)31/h4-7,9-14,29H,2-3,8,15-16H2,1H3,(H,27,28)(H,30,31). The van der Waals surface area contributed by atoms with E-state index in [9.17, 15) is 15.0 Å². The van der Waals surface area contributed by atoms with Gasteiger partial charge < -0.3 is 15.2 Å². The number of nitrogens with zero attached hydrogens (tertiary/aromatic N) is 1. The van der Waals surface area contributed by atoms with E-state index in [0.29, 0.717) is 17.5 Å². The summed E-state index contributed by atoms with van der Waals surface area (Å²) in [7, 11) is 0. The third-order valence-corrected chi connectivity index (χ3v) is 5.65. The number of unbranched alkanes of at least 4 members (excludes halogenated alkanes) is 1. The smallest absolute Gasteiger partial charge is 0.336 e. The molecule has 5 heteroatoms. The third kappa shape index (κ3) is 4.37. The quantitative estimate of drug-likeness (QED) is 0.363. The first-order chi connectivity index (χ1) is 15.1. The van der Waals surface area contributed by atoms with Crippen LogP contribution < -0.4 is 0 Å². The molecule has 4 rings (SSSR count). The lowest BCUT2D eigenvalue weighted by atomic mass is 9.95. The summed E-state index contributed by atoms with van der Waals surface area (Å²) in [5.74, 6) is 0.0465. The molecule has 0 radical (unpaired) electrons. The van der Waals surface area contributed by atoms with Crippen molar-refractivity contribution in [2.24, 2.45) is 0 Å². The van der Waals surface area contributed by atoms with Crippen molar-refractivity contribution in [3.63, 3.8) is 0 Å². The van der Waals surface area contributed by atoms with Crippen LogP contribution in [0.4, 0.5) is 0 Å². The second-order valence-corrected chi connectivity index (χ2v) is 7.77. The van der Waals surface area contributed by atoms with E-state index in [1.807, 2.05) is 48.5 Å². The maximum atomic E-state index is 11.5. The van der Waals surface area contributed by atoms with E-state index in [0.717, 1.165) is 58.4 Å². The fourth-order valence-corrected chi connectivity index (χ4v) is 3.96. The molecule has 0 saturated carbocycles. The van der Waals surface area contributed by atoms with Crippen LogP contribution >= 0.6 is 0 Å². The van der Waals surface area contributed by atoms with Crippen molar-refractivity contribution in [1.29, 1.82) is 0 Å². The lowest BCUT2D eigenvalue weighted by molar-refractivity contribution is 0.0697. The summed E-state index contributed by atoms with van der Waals surface area (Å²) >= 11 is 0. The number of H-pyrrole nitrogens is 1. The van der Waals surface area contributed by atoms with Crippen LogP contribution in [-0.4, -0.2) is 26.2 Å². The second kappa shape index (κ2) is 9.14. The molecule has 0 bridgehead atoms. The summed E-state index contributed by atoms with van der Waals surface area (Å²) in [4.78, 5) is 19.8. The van der Waals surface area contributed by atoms with Gasteiger partial charge >= 0.3 is 5.97 Å². The number of carbonyl (C=O) groups is 1. The van der Waals surface area contributed by atoms with Crippen LogP contribution in [-0.2, 0) is 19.4 Å². The zero-order valence-electron chi connectivity index (χ0n) is 17.6. The number of carboxylic acid groups (broad SMARTS) is 1. The van der Waals surface area contributed by atoms with E-state index >= 15 is 0 Å². The van der Waals surface area contributed by atoms with Crippen LogP contribution in [0, 0.1) is 0 Å². The van der Waals surface area contributed by atoms with Gasteiger partial charge in [-0.1, -0.05) is 61.9 Å². The van der Waals surface area contributed by atoms with E-state index in [1.54, 1.807) is 12.1 Å². The molecular weight excluding hydrogens is 388 g/mol. The number of aromatic carboxylic acids is 1. The Labute approximate surface area is 181 Å². The number of nitrogens with one attached hydrogen (secondary N) is 1. The second-order valence-electron chi connectivity index (χ2n) is 7.77. The Morgan fingerprint density at radius 3 is 2.52 bits per heavy atom. The number of hydrogen-bond donors (Lipinski definition) is 3. The minimum atomic E-state index is -0.934. The topological polar surface area (TPSA) is 86.2 Å². The van der Waals surface area contributed by atoms with Crippen molar-refractivity contribution in [3.05, 3.63) is 88.7 Å². The minimum Gasteiger partial charge on any atom is -0.478 e. The van der Waals surface area contributed by atoms with Crippen molar-refractivity contribution in [2.45, 2.75) is 39.2 Å². The molecule has 0 aliphatic carbocycles. The lowest BCUT2D eigenvalue weighted by Crippen LogP contribution is -2.00. The Bertz CT molecular complexity index is 1210. The number of hydrogen-bond acceptors (Lipinski definition) is 3. The maximum Gasteiger partial charge on any atom is 0.336 e. The molecule has 0 spiro atoms. The molecule has 1 aromatic heterocycles. The summed E-state index contributed by atoms with van der Waals surface area (Å²) in [6.07, 6.45) is 3.76. The van der Waals surface area contributed by atoms with Crippen LogP contribution in [0.2, 0.25) is 0 Å². The van der Waals surface area contributed by atoms with Gasteiger partial charge in [-0.2, -0.15) is 0 Å². The minimum absolute atomic E-state index is 0.0352. The SMILES string of the molecule is CCCCc1nc2c(Cc3ccc(-c4ccccc4C(=O)O)cc3)c(CO)ccc2[nH]1. The molecule has 158 valence electrons. The van der Waals surface area contributed by atoms with Crippen LogP contribution in [0.25, 0.3) is 22.2 Å². The molecule has 0 amide bonds. The summed E-state index contributed by atoms with van der Waals surface area (Å²) < 4.78 is 0. The van der Waals surface area contributed by atoms with E-state index in [4.69, 9.17) is 4.98 Å². The number of aromatic nitrogens is 2. The third-order valence-electron chi connectivity index (χ3n) is 5.65. The molecule has 0 aliphatic heterocycles. The first kappa shape index (κ1) is 20.8. The molecule has 0 atom stereocenters. The molecule has 0 aliphatic rings. The van der Waals surface area contributed by atoms with E-state index < -0.39 is 5.97 Å². The van der Waals surface area contributed by atoms with E-state index in [-0.39, 0.29) is 6.61 Å². The number of imidazole rings is 1. The van der Waals surface area contributed by atoms with Gasteiger partial charge in [0.15, 0.2) is 0 Å². The van der Waals surface area contributed by atoms with Crippen molar-refractivity contribution in [3.8, 4) is 11.1 Å². The molecule has 5 nitrogen and oxygen atoms in total. The van der Waals surface area contributed by atoms with Gasteiger partial charge in [0, 0.05) is 12.8 Å². The molecule has 3 aromatic carbocycles. The number of aryl methyl sites for hydroxylation is 1. The van der Waals surface area contributed by atoms with Crippen LogP contribution in [0.15, 0.2) is 60.7 Å². The Kier molecular flexibility index (Phi) is 6.14. The first-order valence-corrected chi connectivity index (χ1v) is 10.6. The first-order valence-electron chi connectivity index (χ1n) is 10.6. The summed E-state index contributed by atoms with van der Waals surface area (Å²) in [6.45, 7) is 2.13. The summed E-state index contributed by atoms with van der Waals surface area (Å²) in [5.41, 5.74) is 6.74. The fourth-order valence-electron chi connectivity index (χ4n) is 3.96. The zero-order chi connectivity index (χ0) is 21.8. The number of carboxylic acids is 1. The Morgan fingerprint density at radius 1 is 1.03 bits per heavy atom. The molecular formula is C26H26N2O3. The highest BCUT2D eigenvalue weighted by Gasteiger charge is 2.14. The van der Waals surface area contributed by atoms with Gasteiger partial charge in [-0.25, -0.2) is 9.78 Å². The van der Waals surface area contributed by atoms with E-state index in [1.165, 1.54) is 0 Å². The van der Waals surface area contributed by atoms with Crippen LogP contribution in [0.3, 0.4) is 0 Å². The average molecular weight is 415 g/mol. The predicted molar refractivity (Wildman–Crippen MR) is 122 cm³/mol. The van der Waals surface area contributed by atoms with Gasteiger partial charge in [-0.05, 0) is 46.4 Å². The van der Waals surface area contributed by atoms with E-state index in [2.05, 4.69) is 11.9 Å². The Morgan fingerprint density at radius 2 is 1.81 bits per heavy atom. The molecule has 3 N–H and O–H groups in total. The van der Waals surface area contributed by atoms with Gasteiger partial charge in [0.1, 0.15) is 5.82 Å². The van der Waals surface area contributed by atoms with Gasteiger partial charge in [-0.15, -0.1) is 0 Å². The molecule has 4 aromatic rings. The predicted octanol–water partition coefficient (Wildman–Crippen LogP) is 5.35. The molecule has 0 saturated heterocycles. The number of rotatable bonds is 8. The number of aliphatic hydroxyl groups excluding tert-OH is 1. The summed E-state index contributed by atoms with van der Waals surface area (Å²) in [5, 5.41) is 19.3. The largest absolute Gasteiger partial charge is 0.478 e. The van der Waals surface area contributed by atoms with Gasteiger partial charge in [0.05, 0.1) is 23.2 Å². The van der Waals surface area contributed by atoms with Crippen molar-refractivity contribution in [2.75, 3.05) is 0 Å². The highest BCUT2D eigenvalue weighted by Crippen LogP contribution is 2.27. The lowest BCUT2D eigenvalue weighted by Gasteiger charge is -2.10. The maximum absolute atomic E-state index is 11.5. The Hall–Kier alpha value is -3.44. The number of aliphatic hydroxyl groups is 1. The molecule has 0 unspecified atom stereocenters. The zero-order valence-corrected chi connectivity index (χ0v) is 17.6. The van der Waals surface area contributed by atoms with Crippen molar-refractivity contribution >= 4 is 17.0 Å². The number of fused-ring (bicyclic) bond motifs is 1. The average Bonchev–Trinajstić information content (AvgIpc) is 3.22. The molecule has 1 heterocycles. The molecule has 0 fully saturated rings. The van der Waals surface area contributed by atoms with Crippen molar-refractivity contribution < 1.29 is 15.0 Å². The molecule has 31 heavy (non-hydrogen) atoms. The monoisotopic (exact) mass is 414 g/mol. The highest BCUT2D eigenvalue weighted by molar-refractivity contribution is 5.96. The highest BCUT2D eigenvalue weighted by atomic mass is 16.4. The Balaban J connectivity index is 1.66. The number of benzene rings is 3. The fraction of sp³-hybridized carbons (Fsp3) is 0.231. The van der Waals surface area contributed by atoms with Crippen molar-refractivity contribution in [1.82, 2.24) is 9.97 Å². The van der Waals surface area contributed by atoms with Gasteiger partial charge in [0.2, 0.25) is 0 Å². The summed E-state index contributed by atoms with van der Waals surface area (Å²) in [6, 6.07) is 18.9. The van der Waals surface area contributed by atoms with Gasteiger partial charge in [-0.3, -0.25) is 0 Å². The normalized spacial score (nSPS) is 11.2. The van der Waals surface area contributed by atoms with Crippen LogP contribution in [0.5, 0.6) is 0 Å².